The van der Waals surface area contributed by atoms with Gasteiger partial charge in [0.2, 0.25) is 11.8 Å². The fourth-order valence-corrected chi connectivity index (χ4v) is 2.44. The molecule has 0 radical (unpaired) electrons. The normalized spacial score (nSPS) is 12.3. The van der Waals surface area contributed by atoms with E-state index in [1.54, 1.807) is 0 Å². The minimum atomic E-state index is -4.43. The number of alkyl halides is 3. The summed E-state index contributed by atoms with van der Waals surface area (Å²) in [6, 6.07) is 11.1. The lowest BCUT2D eigenvalue weighted by Crippen LogP contribution is -2.29. The number of aryl methyl sites for hydroxylation is 1. The van der Waals surface area contributed by atoms with Gasteiger partial charge in [-0.2, -0.15) is 13.2 Å². The van der Waals surface area contributed by atoms with E-state index in [0.29, 0.717) is 0 Å². The number of amides is 2. The van der Waals surface area contributed by atoms with Crippen LogP contribution in [0, 0.1) is 6.92 Å². The highest BCUT2D eigenvalue weighted by atomic mass is 19.4. The SMILES string of the molecule is CC(=O)N[C@H](CC(=O)Nc1ccc(C(F)(F)F)cc1)c1ccc(C)cc1. The molecule has 2 aromatic carbocycles. The average molecular weight is 364 g/mol. The molecule has 0 heterocycles. The first-order valence-corrected chi connectivity index (χ1v) is 7.96. The van der Waals surface area contributed by atoms with Crippen molar-refractivity contribution in [3.8, 4) is 0 Å². The molecular formula is C19H19F3N2O2. The largest absolute Gasteiger partial charge is 0.416 e. The van der Waals surface area contributed by atoms with Gasteiger partial charge in [-0.15, -0.1) is 0 Å². The minimum Gasteiger partial charge on any atom is -0.349 e. The highest BCUT2D eigenvalue weighted by Crippen LogP contribution is 2.30. The van der Waals surface area contributed by atoms with Crippen molar-refractivity contribution in [3.05, 3.63) is 65.2 Å². The maximum absolute atomic E-state index is 12.6. The molecule has 0 aliphatic rings. The van der Waals surface area contributed by atoms with Crippen LogP contribution in [0.1, 0.15) is 36.1 Å². The summed E-state index contributed by atoms with van der Waals surface area (Å²) >= 11 is 0. The predicted molar refractivity (Wildman–Crippen MR) is 92.4 cm³/mol. The molecule has 0 aromatic heterocycles. The first kappa shape index (κ1) is 19.5. The zero-order valence-electron chi connectivity index (χ0n) is 14.4. The number of anilines is 1. The van der Waals surface area contributed by atoms with Gasteiger partial charge in [0.15, 0.2) is 0 Å². The van der Waals surface area contributed by atoms with E-state index in [4.69, 9.17) is 0 Å². The summed E-state index contributed by atoms with van der Waals surface area (Å²) in [6.07, 6.45) is -4.46. The molecule has 2 aromatic rings. The van der Waals surface area contributed by atoms with Crippen LogP contribution in [0.3, 0.4) is 0 Å². The van der Waals surface area contributed by atoms with Crippen LogP contribution in [-0.4, -0.2) is 11.8 Å². The van der Waals surface area contributed by atoms with Crippen molar-refractivity contribution >= 4 is 17.5 Å². The van der Waals surface area contributed by atoms with Gasteiger partial charge in [0, 0.05) is 12.6 Å². The standard InChI is InChI=1S/C19H19F3N2O2/c1-12-3-5-14(6-4-12)17(23-13(2)25)11-18(26)24-16-9-7-15(8-10-16)19(20,21)22/h3-10,17H,11H2,1-2H3,(H,23,25)(H,24,26)/t17-/m1/s1. The Kier molecular flexibility index (Phi) is 6.02. The number of hydrogen-bond donors (Lipinski definition) is 2. The van der Waals surface area contributed by atoms with Crippen LogP contribution in [0.15, 0.2) is 48.5 Å². The number of carbonyl (C=O) groups excluding carboxylic acids is 2. The molecule has 2 amide bonds. The highest BCUT2D eigenvalue weighted by Gasteiger charge is 2.30. The molecule has 0 fully saturated rings. The van der Waals surface area contributed by atoms with Crippen LogP contribution in [-0.2, 0) is 15.8 Å². The number of rotatable bonds is 5. The van der Waals surface area contributed by atoms with E-state index in [9.17, 15) is 22.8 Å². The Morgan fingerprint density at radius 2 is 1.58 bits per heavy atom. The molecule has 2 N–H and O–H groups in total. The third kappa shape index (κ3) is 5.61. The summed E-state index contributed by atoms with van der Waals surface area (Å²) in [7, 11) is 0. The van der Waals surface area contributed by atoms with Gasteiger partial charge >= 0.3 is 6.18 Å². The molecule has 0 spiro atoms. The molecule has 0 saturated heterocycles. The van der Waals surface area contributed by atoms with Gasteiger partial charge < -0.3 is 10.6 Å². The number of halogens is 3. The smallest absolute Gasteiger partial charge is 0.349 e. The quantitative estimate of drug-likeness (QED) is 0.835. The maximum atomic E-state index is 12.6. The lowest BCUT2D eigenvalue weighted by Gasteiger charge is -2.18. The molecule has 0 aliphatic carbocycles. The molecular weight excluding hydrogens is 345 g/mol. The molecule has 0 bridgehead atoms. The van der Waals surface area contributed by atoms with Crippen molar-refractivity contribution in [3.63, 3.8) is 0 Å². The summed E-state index contributed by atoms with van der Waals surface area (Å²) in [5.74, 6) is -0.693. The van der Waals surface area contributed by atoms with E-state index in [1.807, 2.05) is 31.2 Å². The van der Waals surface area contributed by atoms with Crippen LogP contribution in [0.2, 0.25) is 0 Å². The number of nitrogens with one attached hydrogen (secondary N) is 2. The van der Waals surface area contributed by atoms with Crippen LogP contribution < -0.4 is 10.6 Å². The van der Waals surface area contributed by atoms with Crippen molar-refractivity contribution in [2.24, 2.45) is 0 Å². The predicted octanol–water partition coefficient (Wildman–Crippen LogP) is 4.22. The number of hydrogen-bond acceptors (Lipinski definition) is 2. The first-order chi connectivity index (χ1) is 12.1. The van der Waals surface area contributed by atoms with Gasteiger partial charge in [0.25, 0.3) is 0 Å². The molecule has 0 unspecified atom stereocenters. The number of carbonyl (C=O) groups is 2. The Morgan fingerprint density at radius 3 is 2.08 bits per heavy atom. The lowest BCUT2D eigenvalue weighted by molar-refractivity contribution is -0.137. The molecule has 1 atom stereocenters. The summed E-state index contributed by atoms with van der Waals surface area (Å²) in [5, 5.41) is 5.26. The Labute approximate surface area is 149 Å². The van der Waals surface area contributed by atoms with E-state index < -0.39 is 23.7 Å². The van der Waals surface area contributed by atoms with Crippen molar-refractivity contribution in [2.75, 3.05) is 5.32 Å². The summed E-state index contributed by atoms with van der Waals surface area (Å²) in [6.45, 7) is 3.28. The topological polar surface area (TPSA) is 58.2 Å². The second-order valence-electron chi connectivity index (χ2n) is 5.99. The van der Waals surface area contributed by atoms with Crippen molar-refractivity contribution < 1.29 is 22.8 Å². The molecule has 2 rings (SSSR count). The lowest BCUT2D eigenvalue weighted by atomic mass is 10.0. The fraction of sp³-hybridized carbons (Fsp3) is 0.263. The molecule has 26 heavy (non-hydrogen) atoms. The average Bonchev–Trinajstić information content (AvgIpc) is 2.54. The zero-order valence-corrected chi connectivity index (χ0v) is 14.4. The highest BCUT2D eigenvalue weighted by molar-refractivity contribution is 5.91. The number of benzene rings is 2. The Bertz CT molecular complexity index is 769. The Balaban J connectivity index is 2.07. The first-order valence-electron chi connectivity index (χ1n) is 7.96. The van der Waals surface area contributed by atoms with Gasteiger partial charge in [0.05, 0.1) is 18.0 Å². The Hall–Kier alpha value is -2.83. The van der Waals surface area contributed by atoms with Gasteiger partial charge in [-0.3, -0.25) is 9.59 Å². The Morgan fingerprint density at radius 1 is 1.00 bits per heavy atom. The summed E-state index contributed by atoms with van der Waals surface area (Å²) in [5.41, 5.74) is 1.29. The van der Waals surface area contributed by atoms with Crippen molar-refractivity contribution in [1.82, 2.24) is 5.32 Å². The molecule has 0 aliphatic heterocycles. The zero-order chi connectivity index (χ0) is 19.3. The minimum absolute atomic E-state index is 0.0380. The molecule has 138 valence electrons. The second-order valence-corrected chi connectivity index (χ2v) is 5.99. The van der Waals surface area contributed by atoms with Crippen LogP contribution >= 0.6 is 0 Å². The maximum Gasteiger partial charge on any atom is 0.416 e. The molecule has 0 saturated carbocycles. The van der Waals surface area contributed by atoms with Crippen molar-refractivity contribution in [1.29, 1.82) is 0 Å². The van der Waals surface area contributed by atoms with Gasteiger partial charge in [0.1, 0.15) is 0 Å². The van der Waals surface area contributed by atoms with Crippen LogP contribution in [0.5, 0.6) is 0 Å². The fourth-order valence-electron chi connectivity index (χ4n) is 2.44. The van der Waals surface area contributed by atoms with E-state index in [-0.39, 0.29) is 18.0 Å². The molecule has 7 heteroatoms. The van der Waals surface area contributed by atoms with E-state index in [1.165, 1.54) is 19.1 Å². The van der Waals surface area contributed by atoms with Crippen LogP contribution in [0.25, 0.3) is 0 Å². The van der Waals surface area contributed by atoms with Crippen molar-refractivity contribution in [2.45, 2.75) is 32.5 Å². The second kappa shape index (κ2) is 8.03. The summed E-state index contributed by atoms with van der Waals surface area (Å²) in [4.78, 5) is 23.7. The van der Waals surface area contributed by atoms with Gasteiger partial charge in [-0.05, 0) is 36.8 Å². The van der Waals surface area contributed by atoms with Gasteiger partial charge in [-0.25, -0.2) is 0 Å². The van der Waals surface area contributed by atoms with Gasteiger partial charge in [-0.1, -0.05) is 29.8 Å². The third-order valence-corrected chi connectivity index (χ3v) is 3.74. The summed E-state index contributed by atoms with van der Waals surface area (Å²) < 4.78 is 37.7. The van der Waals surface area contributed by atoms with E-state index in [2.05, 4.69) is 10.6 Å². The van der Waals surface area contributed by atoms with E-state index in [0.717, 1.165) is 23.3 Å². The third-order valence-electron chi connectivity index (χ3n) is 3.74. The monoisotopic (exact) mass is 364 g/mol. The molecule has 4 nitrogen and oxygen atoms in total. The van der Waals surface area contributed by atoms with Crippen LogP contribution in [0.4, 0.5) is 18.9 Å². The van der Waals surface area contributed by atoms with E-state index >= 15 is 0 Å².